The zero-order valence-electron chi connectivity index (χ0n) is 16.2. The molecule has 2 heterocycles. The molecule has 1 unspecified atom stereocenters. The Morgan fingerprint density at radius 1 is 1.41 bits per heavy atom. The second kappa shape index (κ2) is 11.2. The Morgan fingerprint density at radius 2 is 2.15 bits per heavy atom. The lowest BCUT2D eigenvalue weighted by Gasteiger charge is -2.16. The van der Waals surface area contributed by atoms with Crippen molar-refractivity contribution < 1.29 is 9.53 Å². The molecule has 0 aliphatic rings. The maximum absolute atomic E-state index is 12.0. The first kappa shape index (κ1) is 23.3. The van der Waals surface area contributed by atoms with Crippen LogP contribution in [0.25, 0.3) is 0 Å². The fourth-order valence-corrected chi connectivity index (χ4v) is 3.28. The van der Waals surface area contributed by atoms with Gasteiger partial charge in [-0.1, -0.05) is 6.07 Å². The molecule has 2 N–H and O–H groups in total. The summed E-state index contributed by atoms with van der Waals surface area (Å²) in [6, 6.07) is 3.84. The van der Waals surface area contributed by atoms with E-state index in [9.17, 15) is 4.79 Å². The number of aromatic nitrogens is 2. The van der Waals surface area contributed by atoms with Crippen LogP contribution in [-0.4, -0.2) is 35.6 Å². The number of nitrogens with zero attached hydrogens (tertiary/aromatic N) is 3. The lowest BCUT2D eigenvalue weighted by molar-refractivity contribution is 0.0531. The molecule has 0 bridgehead atoms. The first-order valence-electron chi connectivity index (χ1n) is 8.48. The lowest BCUT2D eigenvalue weighted by Crippen LogP contribution is -2.38. The number of hydrogen-bond donors (Lipinski definition) is 2. The minimum atomic E-state index is -0.325. The summed E-state index contributed by atoms with van der Waals surface area (Å²) in [6.45, 7) is 8.53. The van der Waals surface area contributed by atoms with Crippen molar-refractivity contribution in [3.05, 3.63) is 45.2 Å². The van der Waals surface area contributed by atoms with Crippen LogP contribution >= 0.6 is 35.3 Å². The fourth-order valence-electron chi connectivity index (χ4n) is 2.32. The molecule has 27 heavy (non-hydrogen) atoms. The lowest BCUT2D eigenvalue weighted by atomic mass is 10.2. The molecule has 2 rings (SSSR count). The number of halogens is 1. The average Bonchev–Trinajstić information content (AvgIpc) is 3.02. The van der Waals surface area contributed by atoms with Crippen LogP contribution in [0.5, 0.6) is 0 Å². The van der Waals surface area contributed by atoms with Crippen LogP contribution in [0.1, 0.15) is 51.5 Å². The van der Waals surface area contributed by atoms with E-state index in [1.807, 2.05) is 32.9 Å². The molecule has 1 atom stereocenters. The molecule has 0 amide bonds. The molecule has 148 valence electrons. The van der Waals surface area contributed by atoms with Crippen molar-refractivity contribution in [3.8, 4) is 0 Å². The third-order valence-electron chi connectivity index (χ3n) is 3.76. The fraction of sp³-hybridized carbons (Fsp3) is 0.444. The summed E-state index contributed by atoms with van der Waals surface area (Å²) in [5.74, 6) is 0.321. The highest BCUT2D eigenvalue weighted by molar-refractivity contribution is 14.0. The first-order chi connectivity index (χ1) is 12.5. The summed E-state index contributed by atoms with van der Waals surface area (Å²) in [6.07, 6.45) is 1.78. The summed E-state index contributed by atoms with van der Waals surface area (Å²) in [4.78, 5) is 25.6. The van der Waals surface area contributed by atoms with E-state index >= 15 is 0 Å². The second-order valence-electron chi connectivity index (χ2n) is 5.75. The Balaban J connectivity index is 0.00000364. The molecule has 0 saturated carbocycles. The van der Waals surface area contributed by atoms with Gasteiger partial charge in [0.25, 0.3) is 0 Å². The van der Waals surface area contributed by atoms with Gasteiger partial charge in [-0.2, -0.15) is 0 Å². The molecule has 0 spiro atoms. The Bertz CT molecular complexity index is 794. The van der Waals surface area contributed by atoms with E-state index in [1.165, 1.54) is 11.3 Å². The van der Waals surface area contributed by atoms with Crippen LogP contribution in [-0.2, 0) is 11.3 Å². The van der Waals surface area contributed by atoms with Gasteiger partial charge in [0.05, 0.1) is 30.6 Å². The maximum atomic E-state index is 12.0. The number of thiazole rings is 1. The molecular weight excluding hydrogens is 477 g/mol. The van der Waals surface area contributed by atoms with Gasteiger partial charge in [-0.15, -0.1) is 35.3 Å². The molecule has 0 aliphatic carbocycles. The Hall–Kier alpha value is -1.75. The van der Waals surface area contributed by atoms with Gasteiger partial charge in [-0.05, 0) is 39.3 Å². The number of nitrogens with one attached hydrogen (secondary N) is 2. The van der Waals surface area contributed by atoms with Crippen LogP contribution in [0.2, 0.25) is 0 Å². The smallest absolute Gasteiger partial charge is 0.350 e. The molecular formula is C18H26IN5O2S. The van der Waals surface area contributed by atoms with Gasteiger partial charge in [0.15, 0.2) is 5.96 Å². The van der Waals surface area contributed by atoms with Crippen molar-refractivity contribution in [2.45, 2.75) is 40.3 Å². The van der Waals surface area contributed by atoms with Gasteiger partial charge < -0.3 is 15.4 Å². The van der Waals surface area contributed by atoms with Crippen LogP contribution in [0.3, 0.4) is 0 Å². The highest BCUT2D eigenvalue weighted by Gasteiger charge is 2.20. The SMILES string of the molecule is CCOC(=O)c1sc(C(C)NC(=NC)NCc2ncccc2C)nc1C.I. The van der Waals surface area contributed by atoms with Crippen molar-refractivity contribution in [2.75, 3.05) is 13.7 Å². The molecule has 7 nitrogen and oxygen atoms in total. The minimum Gasteiger partial charge on any atom is -0.462 e. The predicted octanol–water partition coefficient (Wildman–Crippen LogP) is 3.38. The minimum absolute atomic E-state index is 0. The molecule has 0 aromatic carbocycles. The average molecular weight is 503 g/mol. The van der Waals surface area contributed by atoms with Crippen molar-refractivity contribution in [2.24, 2.45) is 4.99 Å². The number of aryl methyl sites for hydroxylation is 2. The number of carbonyl (C=O) groups excluding carboxylic acids is 1. The number of ether oxygens (including phenoxy) is 1. The zero-order chi connectivity index (χ0) is 19.1. The van der Waals surface area contributed by atoms with Gasteiger partial charge in [-0.25, -0.2) is 9.78 Å². The number of aliphatic imine (C=N–C) groups is 1. The van der Waals surface area contributed by atoms with Crippen molar-refractivity contribution in [3.63, 3.8) is 0 Å². The zero-order valence-corrected chi connectivity index (χ0v) is 19.3. The maximum Gasteiger partial charge on any atom is 0.350 e. The Morgan fingerprint density at radius 3 is 2.78 bits per heavy atom. The van der Waals surface area contributed by atoms with Crippen LogP contribution in [0.15, 0.2) is 23.3 Å². The van der Waals surface area contributed by atoms with Gasteiger partial charge in [-0.3, -0.25) is 9.98 Å². The van der Waals surface area contributed by atoms with Gasteiger partial charge >= 0.3 is 5.97 Å². The second-order valence-corrected chi connectivity index (χ2v) is 6.78. The molecule has 0 aliphatic heterocycles. The summed E-state index contributed by atoms with van der Waals surface area (Å²) in [5, 5.41) is 7.35. The van der Waals surface area contributed by atoms with E-state index in [2.05, 4.69) is 25.6 Å². The number of guanidine groups is 1. The monoisotopic (exact) mass is 503 g/mol. The highest BCUT2D eigenvalue weighted by Crippen LogP contribution is 2.24. The van der Waals surface area contributed by atoms with E-state index in [0.29, 0.717) is 29.7 Å². The summed E-state index contributed by atoms with van der Waals surface area (Å²) < 4.78 is 5.07. The van der Waals surface area contributed by atoms with Crippen LogP contribution < -0.4 is 10.6 Å². The summed E-state index contributed by atoms with van der Waals surface area (Å²) in [7, 11) is 1.71. The number of rotatable bonds is 6. The molecule has 9 heteroatoms. The molecule has 0 saturated heterocycles. The standard InChI is InChI=1S/C18H25N5O2S.HI/c1-6-25-17(24)15-12(3)22-16(26-15)13(4)23-18(19-5)21-10-14-11(2)8-7-9-20-14;/h7-9,13H,6,10H2,1-5H3,(H2,19,21,23);1H. The Kier molecular flexibility index (Phi) is 9.64. The molecule has 2 aromatic heterocycles. The number of hydrogen-bond acceptors (Lipinski definition) is 6. The van der Waals surface area contributed by atoms with E-state index in [0.717, 1.165) is 16.3 Å². The van der Waals surface area contributed by atoms with Crippen LogP contribution in [0, 0.1) is 13.8 Å². The molecule has 2 aromatic rings. The predicted molar refractivity (Wildman–Crippen MR) is 119 cm³/mol. The summed E-state index contributed by atoms with van der Waals surface area (Å²) in [5.41, 5.74) is 2.78. The van der Waals surface area contributed by atoms with E-state index < -0.39 is 0 Å². The van der Waals surface area contributed by atoms with Crippen molar-refractivity contribution in [1.29, 1.82) is 0 Å². The Labute approximate surface area is 181 Å². The topological polar surface area (TPSA) is 88.5 Å². The van der Waals surface area contributed by atoms with Crippen molar-refractivity contribution >= 4 is 47.2 Å². The van der Waals surface area contributed by atoms with Gasteiger partial charge in [0.2, 0.25) is 0 Å². The number of carbonyl (C=O) groups is 1. The van der Waals surface area contributed by atoms with E-state index in [4.69, 9.17) is 4.74 Å². The first-order valence-corrected chi connectivity index (χ1v) is 9.30. The van der Waals surface area contributed by atoms with E-state index in [1.54, 1.807) is 20.2 Å². The van der Waals surface area contributed by atoms with Gasteiger partial charge in [0.1, 0.15) is 9.88 Å². The van der Waals surface area contributed by atoms with Crippen molar-refractivity contribution in [1.82, 2.24) is 20.6 Å². The number of esters is 1. The quantitative estimate of drug-likeness (QED) is 0.272. The third kappa shape index (κ3) is 6.42. The molecule has 0 radical (unpaired) electrons. The van der Waals surface area contributed by atoms with Gasteiger partial charge in [0, 0.05) is 13.2 Å². The summed E-state index contributed by atoms with van der Waals surface area (Å²) >= 11 is 1.34. The highest BCUT2D eigenvalue weighted by atomic mass is 127. The van der Waals surface area contributed by atoms with Crippen LogP contribution in [0.4, 0.5) is 0 Å². The normalized spacial score (nSPS) is 12.1. The third-order valence-corrected chi connectivity index (χ3v) is 5.08. The molecule has 0 fully saturated rings. The largest absolute Gasteiger partial charge is 0.462 e. The number of pyridine rings is 1. The van der Waals surface area contributed by atoms with E-state index in [-0.39, 0.29) is 36.0 Å².